The molecule has 0 aromatic carbocycles. The van der Waals surface area contributed by atoms with E-state index in [9.17, 15) is 9.59 Å². The Labute approximate surface area is 131 Å². The molecular weight excluding hydrogens is 300 g/mol. The van der Waals surface area contributed by atoms with Crippen molar-refractivity contribution in [2.45, 2.75) is 6.92 Å². The number of ether oxygens (including phenoxy) is 1. The van der Waals surface area contributed by atoms with Gasteiger partial charge in [-0.15, -0.1) is 0 Å². The molecule has 0 radical (unpaired) electrons. The Morgan fingerprint density at radius 1 is 1.43 bits per heavy atom. The zero-order valence-electron chi connectivity index (χ0n) is 13.0. The van der Waals surface area contributed by atoms with E-state index in [1.807, 2.05) is 0 Å². The van der Waals surface area contributed by atoms with E-state index in [0.29, 0.717) is 5.69 Å². The maximum Gasteiger partial charge on any atom is 0.330 e. The van der Waals surface area contributed by atoms with Crippen LogP contribution in [0.4, 0.5) is 5.95 Å². The molecule has 0 unspecified atom stereocenters. The van der Waals surface area contributed by atoms with E-state index in [1.54, 1.807) is 25.9 Å². The fraction of sp³-hybridized carbons (Fsp3) is 0.286. The first kappa shape index (κ1) is 16.3. The fourth-order valence-corrected chi connectivity index (χ4v) is 1.57. The second kappa shape index (κ2) is 7.25. The second-order valence-electron chi connectivity index (χ2n) is 4.65. The van der Waals surface area contributed by atoms with E-state index in [1.165, 1.54) is 24.7 Å². The highest BCUT2D eigenvalue weighted by atomic mass is 16.5. The van der Waals surface area contributed by atoms with Crippen LogP contribution in [0.25, 0.3) is 17.2 Å². The first-order valence-electron chi connectivity index (χ1n) is 6.82. The van der Waals surface area contributed by atoms with Crippen LogP contribution in [-0.4, -0.2) is 57.8 Å². The number of aliphatic imine (C=N–C) groups is 1. The predicted molar refractivity (Wildman–Crippen MR) is 85.5 cm³/mol. The van der Waals surface area contributed by atoms with E-state index in [4.69, 9.17) is 4.74 Å². The maximum absolute atomic E-state index is 12.0. The van der Waals surface area contributed by atoms with Gasteiger partial charge in [0.25, 0.3) is 5.56 Å². The summed E-state index contributed by atoms with van der Waals surface area (Å²) >= 11 is 0. The van der Waals surface area contributed by atoms with Gasteiger partial charge in [0.2, 0.25) is 5.95 Å². The number of aromatic nitrogens is 4. The molecule has 9 nitrogen and oxygen atoms in total. The number of carbonyl (C=O) groups is 1. The lowest BCUT2D eigenvalue weighted by molar-refractivity contribution is -0.137. The summed E-state index contributed by atoms with van der Waals surface area (Å²) in [5, 5.41) is 0. The minimum Gasteiger partial charge on any atom is -0.463 e. The van der Waals surface area contributed by atoms with Gasteiger partial charge in [0, 0.05) is 20.2 Å². The molecule has 2 aromatic rings. The molecule has 9 heteroatoms. The number of nitrogens with one attached hydrogen (secondary N) is 1. The summed E-state index contributed by atoms with van der Waals surface area (Å²) < 4.78 is 4.76. The van der Waals surface area contributed by atoms with Crippen LogP contribution in [0.2, 0.25) is 0 Å². The minimum atomic E-state index is -0.491. The summed E-state index contributed by atoms with van der Waals surface area (Å²) in [5.74, 6) is -0.352. The van der Waals surface area contributed by atoms with Crippen molar-refractivity contribution in [3.8, 4) is 0 Å². The number of fused-ring (bicyclic) bond motifs is 1. The van der Waals surface area contributed by atoms with Crippen LogP contribution in [0.15, 0.2) is 22.1 Å². The number of hydrogen-bond acceptors (Lipinski definition) is 7. The van der Waals surface area contributed by atoms with Crippen LogP contribution < -0.4 is 5.56 Å². The largest absolute Gasteiger partial charge is 0.463 e. The van der Waals surface area contributed by atoms with Crippen molar-refractivity contribution < 1.29 is 9.53 Å². The summed E-state index contributed by atoms with van der Waals surface area (Å²) in [6.07, 6.45) is 5.55. The van der Waals surface area contributed by atoms with Crippen LogP contribution in [0, 0.1) is 0 Å². The summed E-state index contributed by atoms with van der Waals surface area (Å²) in [7, 11) is 3.59. The molecule has 0 amide bonds. The van der Waals surface area contributed by atoms with Crippen LogP contribution in [-0.2, 0) is 9.53 Å². The van der Waals surface area contributed by atoms with E-state index in [-0.39, 0.29) is 23.7 Å². The molecule has 0 saturated heterocycles. The van der Waals surface area contributed by atoms with Gasteiger partial charge in [-0.25, -0.2) is 19.8 Å². The normalized spacial score (nSPS) is 11.4. The van der Waals surface area contributed by atoms with E-state index in [2.05, 4.69) is 24.9 Å². The zero-order valence-corrected chi connectivity index (χ0v) is 13.0. The molecule has 0 bridgehead atoms. The van der Waals surface area contributed by atoms with Crippen molar-refractivity contribution >= 4 is 35.5 Å². The lowest BCUT2D eigenvalue weighted by Crippen LogP contribution is -2.12. The Bertz CT molecular complexity index is 825. The molecular formula is C14H16N6O3. The number of carbonyl (C=O) groups excluding carboxylic acids is 1. The lowest BCUT2D eigenvalue weighted by atomic mass is 10.3. The molecule has 0 atom stereocenters. The van der Waals surface area contributed by atoms with Gasteiger partial charge in [0.05, 0.1) is 24.8 Å². The highest BCUT2D eigenvalue weighted by Crippen LogP contribution is 2.07. The molecule has 0 fully saturated rings. The number of rotatable bonds is 5. The third kappa shape index (κ3) is 4.43. The van der Waals surface area contributed by atoms with Crippen LogP contribution >= 0.6 is 0 Å². The highest BCUT2D eigenvalue weighted by molar-refractivity contribution is 5.87. The first-order valence-corrected chi connectivity index (χ1v) is 6.82. The Hall–Kier alpha value is -3.10. The molecule has 0 spiro atoms. The van der Waals surface area contributed by atoms with Gasteiger partial charge in [0.1, 0.15) is 0 Å². The topological polar surface area (TPSA) is 113 Å². The summed E-state index contributed by atoms with van der Waals surface area (Å²) in [6.45, 7) is 2.00. The molecule has 0 saturated carbocycles. The summed E-state index contributed by atoms with van der Waals surface area (Å²) in [5.41, 5.74) is 0.134. The van der Waals surface area contributed by atoms with Crippen molar-refractivity contribution in [2.24, 2.45) is 4.99 Å². The lowest BCUT2D eigenvalue weighted by Gasteiger charge is -2.02. The molecule has 2 aromatic heterocycles. The number of aromatic amines is 1. The smallest absolute Gasteiger partial charge is 0.330 e. The molecule has 120 valence electrons. The molecule has 2 rings (SSSR count). The van der Waals surface area contributed by atoms with E-state index in [0.717, 1.165) is 0 Å². The predicted octanol–water partition coefficient (Wildman–Crippen LogP) is 0.511. The van der Waals surface area contributed by atoms with Crippen LogP contribution in [0.1, 0.15) is 12.6 Å². The van der Waals surface area contributed by atoms with Crippen molar-refractivity contribution in [3.63, 3.8) is 0 Å². The Morgan fingerprint density at radius 2 is 2.22 bits per heavy atom. The van der Waals surface area contributed by atoms with Gasteiger partial charge in [-0.05, 0) is 13.0 Å². The Balaban J connectivity index is 2.34. The van der Waals surface area contributed by atoms with Gasteiger partial charge in [-0.3, -0.25) is 9.78 Å². The third-order valence-electron chi connectivity index (χ3n) is 2.51. The Morgan fingerprint density at radius 3 is 2.91 bits per heavy atom. The Kier molecular flexibility index (Phi) is 5.13. The zero-order chi connectivity index (χ0) is 16.8. The minimum absolute atomic E-state index is 0.0693. The van der Waals surface area contributed by atoms with Crippen LogP contribution in [0.5, 0.6) is 0 Å². The molecule has 1 N–H and O–H groups in total. The average Bonchev–Trinajstić information content (AvgIpc) is 2.51. The molecule has 2 heterocycles. The molecule has 0 aliphatic heterocycles. The van der Waals surface area contributed by atoms with Gasteiger partial charge in [-0.1, -0.05) is 0 Å². The van der Waals surface area contributed by atoms with Gasteiger partial charge in [0.15, 0.2) is 11.2 Å². The quantitative estimate of drug-likeness (QED) is 0.370. The molecule has 0 aliphatic rings. The number of hydrogen-bond donors (Lipinski definition) is 1. The number of H-pyrrole nitrogens is 1. The molecule has 0 aliphatic carbocycles. The number of nitrogens with zero attached hydrogens (tertiary/aromatic N) is 5. The first-order chi connectivity index (χ1) is 11.0. The monoisotopic (exact) mass is 316 g/mol. The molecule has 23 heavy (non-hydrogen) atoms. The highest BCUT2D eigenvalue weighted by Gasteiger charge is 2.06. The average molecular weight is 316 g/mol. The summed E-state index contributed by atoms with van der Waals surface area (Å²) in [6, 6.07) is 0. The third-order valence-corrected chi connectivity index (χ3v) is 2.51. The van der Waals surface area contributed by atoms with Gasteiger partial charge < -0.3 is 9.64 Å². The van der Waals surface area contributed by atoms with Gasteiger partial charge in [-0.2, -0.15) is 4.98 Å². The van der Waals surface area contributed by atoms with Crippen molar-refractivity contribution in [1.82, 2.24) is 24.8 Å². The standard InChI is InChI=1S/C14H16N6O3/c1-4-23-10(21)6-5-9-7-15-12-11(17-9)13(22)19-14(18-12)16-8-20(2)3/h5-8H,4H2,1-3H3,(H,15,18,19,22)/b6-5+,16-8+. The van der Waals surface area contributed by atoms with Crippen molar-refractivity contribution in [3.05, 3.63) is 28.3 Å². The fourth-order valence-electron chi connectivity index (χ4n) is 1.57. The van der Waals surface area contributed by atoms with Gasteiger partial charge >= 0.3 is 5.97 Å². The summed E-state index contributed by atoms with van der Waals surface area (Å²) in [4.78, 5) is 43.8. The van der Waals surface area contributed by atoms with Crippen molar-refractivity contribution in [2.75, 3.05) is 20.7 Å². The van der Waals surface area contributed by atoms with Crippen LogP contribution in [0.3, 0.4) is 0 Å². The SMILES string of the molecule is CCOC(=O)/C=C/c1cnc2nc(/N=C/N(C)C)[nH]c(=O)c2n1. The van der Waals surface area contributed by atoms with Crippen molar-refractivity contribution in [1.29, 1.82) is 0 Å². The number of esters is 1. The van der Waals surface area contributed by atoms with E-state index >= 15 is 0 Å². The second-order valence-corrected chi connectivity index (χ2v) is 4.65. The van der Waals surface area contributed by atoms with E-state index < -0.39 is 11.5 Å². The maximum atomic E-state index is 12.0.